The molecule has 2 saturated carbocycles. The molecule has 5 rings (SSSR count). The Kier molecular flexibility index (Phi) is 6.63. The zero-order valence-corrected chi connectivity index (χ0v) is 23.0. The predicted molar refractivity (Wildman–Crippen MR) is 141 cm³/mol. The SMILES string of the molecule is CC(=O)O[C@@H]1CC[C@@](C)(O)[C@@]23OC(C)(C)[C@@H](C[C@@H](OC(=O)c4ccccc4)[C@@]12C)[C@@H]3OC(=O)c1ccccc1. The highest BCUT2D eigenvalue weighted by atomic mass is 16.6. The molecule has 2 bridgehead atoms. The topological polar surface area (TPSA) is 108 Å². The molecule has 1 spiro atoms. The van der Waals surface area contributed by atoms with Crippen LogP contribution in [0.1, 0.15) is 74.6 Å². The van der Waals surface area contributed by atoms with Gasteiger partial charge in [-0.25, -0.2) is 9.59 Å². The van der Waals surface area contributed by atoms with Gasteiger partial charge in [-0.3, -0.25) is 4.79 Å². The van der Waals surface area contributed by atoms with E-state index in [4.69, 9.17) is 18.9 Å². The first kappa shape index (κ1) is 27.3. The molecule has 3 aliphatic rings. The van der Waals surface area contributed by atoms with Crippen molar-refractivity contribution in [2.75, 3.05) is 0 Å². The second kappa shape index (κ2) is 9.45. The Morgan fingerprint density at radius 1 is 0.821 bits per heavy atom. The summed E-state index contributed by atoms with van der Waals surface area (Å²) in [6.07, 6.45) is -1.65. The molecule has 7 atom stereocenters. The standard InChI is InChI=1S/C31H36O8/c1-19(32)36-23-16-17-29(4,35)31-25(38-27(34)21-14-10-7-11-15-21)22(28(2,3)39-31)18-24(30(23,31)5)37-26(33)20-12-8-6-9-13-20/h6-15,22-25,35H,16-18H2,1-5H3/t22-,23+,24+,25-,29+,30+,31+/m0/s1. The molecule has 8 nitrogen and oxygen atoms in total. The number of esters is 3. The average molecular weight is 537 g/mol. The Balaban J connectivity index is 1.64. The van der Waals surface area contributed by atoms with E-state index >= 15 is 0 Å². The van der Waals surface area contributed by atoms with E-state index in [1.807, 2.05) is 32.9 Å². The van der Waals surface area contributed by atoms with Crippen molar-refractivity contribution in [3.8, 4) is 0 Å². The summed E-state index contributed by atoms with van der Waals surface area (Å²) in [5, 5.41) is 12.1. The molecule has 1 heterocycles. The maximum atomic E-state index is 13.4. The molecule has 3 fully saturated rings. The van der Waals surface area contributed by atoms with E-state index in [1.165, 1.54) is 6.92 Å². The number of carbonyl (C=O) groups excluding carboxylic acids is 3. The van der Waals surface area contributed by atoms with E-state index in [0.717, 1.165) is 0 Å². The zero-order chi connectivity index (χ0) is 28.2. The fourth-order valence-electron chi connectivity index (χ4n) is 7.32. The molecular weight excluding hydrogens is 500 g/mol. The van der Waals surface area contributed by atoms with Crippen LogP contribution in [0.5, 0.6) is 0 Å². The largest absolute Gasteiger partial charge is 0.462 e. The van der Waals surface area contributed by atoms with Crippen molar-refractivity contribution in [2.45, 2.75) is 89.0 Å². The lowest BCUT2D eigenvalue weighted by Crippen LogP contribution is -2.79. The summed E-state index contributed by atoms with van der Waals surface area (Å²) in [6, 6.07) is 17.3. The molecule has 1 saturated heterocycles. The summed E-state index contributed by atoms with van der Waals surface area (Å²) in [6.45, 7) is 8.59. The van der Waals surface area contributed by atoms with Gasteiger partial charge in [0.1, 0.15) is 23.9 Å². The van der Waals surface area contributed by atoms with Gasteiger partial charge in [-0.05, 0) is 71.2 Å². The fraction of sp³-hybridized carbons (Fsp3) is 0.516. The molecule has 2 aliphatic carbocycles. The smallest absolute Gasteiger partial charge is 0.338 e. The summed E-state index contributed by atoms with van der Waals surface area (Å²) >= 11 is 0. The van der Waals surface area contributed by atoms with Crippen LogP contribution in [0.4, 0.5) is 0 Å². The third-order valence-corrected chi connectivity index (χ3v) is 9.19. The van der Waals surface area contributed by atoms with E-state index in [2.05, 4.69) is 0 Å². The van der Waals surface area contributed by atoms with Crippen LogP contribution in [-0.4, -0.2) is 58.1 Å². The van der Waals surface area contributed by atoms with Crippen LogP contribution < -0.4 is 0 Å². The number of rotatable bonds is 5. The first-order chi connectivity index (χ1) is 18.3. The third-order valence-electron chi connectivity index (χ3n) is 9.19. The average Bonchev–Trinajstić information content (AvgIpc) is 3.08. The monoisotopic (exact) mass is 536 g/mol. The number of hydrogen-bond acceptors (Lipinski definition) is 8. The van der Waals surface area contributed by atoms with Gasteiger partial charge < -0.3 is 24.1 Å². The molecule has 0 aromatic heterocycles. The Labute approximate surface area is 228 Å². The van der Waals surface area contributed by atoms with E-state index < -0.39 is 64.4 Å². The lowest BCUT2D eigenvalue weighted by Gasteiger charge is -2.64. The predicted octanol–water partition coefficient (Wildman–Crippen LogP) is 4.49. The highest BCUT2D eigenvalue weighted by Gasteiger charge is 2.82. The van der Waals surface area contributed by atoms with E-state index in [1.54, 1.807) is 55.5 Å². The van der Waals surface area contributed by atoms with Crippen molar-refractivity contribution >= 4 is 17.9 Å². The summed E-state index contributed by atoms with van der Waals surface area (Å²) in [4.78, 5) is 39.0. The number of carbonyl (C=O) groups is 3. The third kappa shape index (κ3) is 4.16. The van der Waals surface area contributed by atoms with E-state index in [9.17, 15) is 19.5 Å². The summed E-state index contributed by atoms with van der Waals surface area (Å²) in [5.74, 6) is -1.99. The molecule has 208 valence electrons. The summed E-state index contributed by atoms with van der Waals surface area (Å²) in [7, 11) is 0. The van der Waals surface area contributed by atoms with Gasteiger partial charge in [0.15, 0.2) is 0 Å². The highest BCUT2D eigenvalue weighted by molar-refractivity contribution is 5.90. The maximum absolute atomic E-state index is 13.4. The molecular formula is C31H36O8. The number of benzene rings is 2. The van der Waals surface area contributed by atoms with Crippen LogP contribution in [-0.2, 0) is 23.7 Å². The number of aliphatic hydroxyl groups is 1. The molecule has 0 unspecified atom stereocenters. The molecule has 2 aromatic carbocycles. The fourth-order valence-corrected chi connectivity index (χ4v) is 7.32. The van der Waals surface area contributed by atoms with Gasteiger partial charge in [0, 0.05) is 12.8 Å². The van der Waals surface area contributed by atoms with Crippen molar-refractivity contribution in [3.63, 3.8) is 0 Å². The van der Waals surface area contributed by atoms with Gasteiger partial charge in [0.25, 0.3) is 0 Å². The van der Waals surface area contributed by atoms with Crippen LogP contribution in [0.3, 0.4) is 0 Å². The van der Waals surface area contributed by atoms with Gasteiger partial charge >= 0.3 is 17.9 Å². The van der Waals surface area contributed by atoms with Gasteiger partial charge in [0.05, 0.1) is 27.7 Å². The van der Waals surface area contributed by atoms with Crippen LogP contribution in [0.15, 0.2) is 60.7 Å². The Morgan fingerprint density at radius 2 is 1.36 bits per heavy atom. The molecule has 0 amide bonds. The van der Waals surface area contributed by atoms with E-state index in [-0.39, 0.29) is 12.8 Å². The minimum absolute atomic E-state index is 0.224. The quantitative estimate of drug-likeness (QED) is 0.440. The lowest BCUT2D eigenvalue weighted by molar-refractivity contribution is -0.326. The normalized spacial score (nSPS) is 36.4. The second-order valence-corrected chi connectivity index (χ2v) is 11.9. The number of ether oxygens (including phenoxy) is 4. The number of hydrogen-bond donors (Lipinski definition) is 1. The van der Waals surface area contributed by atoms with Crippen LogP contribution in [0.2, 0.25) is 0 Å². The summed E-state index contributed by atoms with van der Waals surface area (Å²) in [5.41, 5.74) is -4.42. The minimum Gasteiger partial charge on any atom is -0.462 e. The molecule has 1 aliphatic heterocycles. The number of fused-ring (bicyclic) bond motifs is 1. The second-order valence-electron chi connectivity index (χ2n) is 11.9. The molecule has 2 aromatic rings. The zero-order valence-electron chi connectivity index (χ0n) is 23.0. The van der Waals surface area contributed by atoms with Crippen LogP contribution in [0.25, 0.3) is 0 Å². The summed E-state index contributed by atoms with van der Waals surface area (Å²) < 4.78 is 25.2. The lowest BCUT2D eigenvalue weighted by atomic mass is 9.47. The van der Waals surface area contributed by atoms with E-state index in [0.29, 0.717) is 17.5 Å². The maximum Gasteiger partial charge on any atom is 0.338 e. The van der Waals surface area contributed by atoms with Gasteiger partial charge in [-0.2, -0.15) is 0 Å². The van der Waals surface area contributed by atoms with Crippen molar-refractivity contribution in [1.82, 2.24) is 0 Å². The first-order valence-corrected chi connectivity index (χ1v) is 13.5. The van der Waals surface area contributed by atoms with Crippen molar-refractivity contribution in [3.05, 3.63) is 71.8 Å². The Hall–Kier alpha value is -3.23. The Morgan fingerprint density at radius 3 is 1.90 bits per heavy atom. The van der Waals surface area contributed by atoms with Crippen LogP contribution in [0, 0.1) is 11.3 Å². The highest BCUT2D eigenvalue weighted by Crippen LogP contribution is 2.68. The van der Waals surface area contributed by atoms with Crippen molar-refractivity contribution < 1.29 is 38.4 Å². The van der Waals surface area contributed by atoms with Crippen LogP contribution >= 0.6 is 0 Å². The van der Waals surface area contributed by atoms with Gasteiger partial charge in [0.2, 0.25) is 0 Å². The van der Waals surface area contributed by atoms with Gasteiger partial charge in [-0.15, -0.1) is 0 Å². The minimum atomic E-state index is -1.54. The molecule has 0 radical (unpaired) electrons. The molecule has 8 heteroatoms. The molecule has 39 heavy (non-hydrogen) atoms. The first-order valence-electron chi connectivity index (χ1n) is 13.5. The van der Waals surface area contributed by atoms with Gasteiger partial charge in [-0.1, -0.05) is 36.4 Å². The Bertz CT molecular complexity index is 1260. The van der Waals surface area contributed by atoms with Crippen molar-refractivity contribution in [1.29, 1.82) is 0 Å². The molecule has 1 N–H and O–H groups in total. The van der Waals surface area contributed by atoms with Crippen molar-refractivity contribution in [2.24, 2.45) is 11.3 Å².